The zero-order valence-electron chi connectivity index (χ0n) is 12.7. The first kappa shape index (κ1) is 12.9. The van der Waals surface area contributed by atoms with E-state index < -0.39 is 0 Å². The smallest absolute Gasteiger partial charge is 0.176 e. The maximum absolute atomic E-state index is 5.56. The lowest BCUT2D eigenvalue weighted by Gasteiger charge is -2.10. The zero-order chi connectivity index (χ0) is 15.3. The van der Waals surface area contributed by atoms with E-state index in [2.05, 4.69) is 28.3 Å². The summed E-state index contributed by atoms with van der Waals surface area (Å²) in [6.45, 7) is 1.98. The minimum atomic E-state index is 0.805. The Bertz CT molecular complexity index is 962. The van der Waals surface area contributed by atoms with Crippen LogP contribution >= 0.6 is 0 Å². The maximum atomic E-state index is 5.56. The number of H-pyrrole nitrogens is 1. The fraction of sp³-hybridized carbons (Fsp3) is 0.176. The normalized spacial score (nSPS) is 11.4. The van der Waals surface area contributed by atoms with Crippen LogP contribution in [0.15, 0.2) is 36.4 Å². The number of nitrogens with one attached hydrogen (secondary N) is 1. The summed E-state index contributed by atoms with van der Waals surface area (Å²) in [5, 5.41) is 6.66. The lowest BCUT2D eigenvalue weighted by Crippen LogP contribution is -1.94. The van der Waals surface area contributed by atoms with E-state index >= 15 is 0 Å². The molecule has 5 nitrogen and oxygen atoms in total. The molecule has 2 heterocycles. The summed E-state index contributed by atoms with van der Waals surface area (Å²) >= 11 is 0. The summed E-state index contributed by atoms with van der Waals surface area (Å²) in [6.07, 6.45) is 0. The number of nitrogens with zero attached hydrogens (tertiary/aromatic N) is 3. The van der Waals surface area contributed by atoms with E-state index in [1.165, 1.54) is 0 Å². The highest BCUT2D eigenvalue weighted by Crippen LogP contribution is 2.36. The van der Waals surface area contributed by atoms with E-state index in [0.29, 0.717) is 0 Å². The highest BCUT2D eigenvalue weighted by molar-refractivity contribution is 5.99. The van der Waals surface area contributed by atoms with Crippen LogP contribution in [0.2, 0.25) is 0 Å². The van der Waals surface area contributed by atoms with Crippen LogP contribution in [0.25, 0.3) is 33.3 Å². The molecule has 4 rings (SSSR count). The van der Waals surface area contributed by atoms with Crippen LogP contribution in [0.3, 0.4) is 0 Å². The van der Waals surface area contributed by atoms with Gasteiger partial charge in [0.2, 0.25) is 0 Å². The Labute approximate surface area is 127 Å². The van der Waals surface area contributed by atoms with Crippen molar-refractivity contribution in [3.8, 4) is 17.1 Å². The van der Waals surface area contributed by atoms with Gasteiger partial charge >= 0.3 is 0 Å². The number of rotatable bonds is 2. The number of benzene rings is 2. The van der Waals surface area contributed by atoms with Crippen molar-refractivity contribution < 1.29 is 4.74 Å². The number of aryl methyl sites for hydroxylation is 2. The highest BCUT2D eigenvalue weighted by atomic mass is 16.5. The second-order valence-corrected chi connectivity index (χ2v) is 5.36. The van der Waals surface area contributed by atoms with Gasteiger partial charge in [-0.1, -0.05) is 30.3 Å². The lowest BCUT2D eigenvalue weighted by molar-refractivity contribution is 0.416. The number of aromatic nitrogens is 4. The number of fused-ring (bicyclic) bond motifs is 2. The Balaban J connectivity index is 2.08. The Morgan fingerprint density at radius 3 is 2.73 bits per heavy atom. The summed E-state index contributed by atoms with van der Waals surface area (Å²) in [6, 6.07) is 12.3. The molecule has 0 atom stereocenters. The van der Waals surface area contributed by atoms with Crippen molar-refractivity contribution in [1.82, 2.24) is 19.7 Å². The minimum absolute atomic E-state index is 0.805. The van der Waals surface area contributed by atoms with E-state index in [1.54, 1.807) is 11.8 Å². The molecule has 0 spiro atoms. The first-order chi connectivity index (χ1) is 10.7. The number of hydrogen-bond donors (Lipinski definition) is 1. The van der Waals surface area contributed by atoms with Crippen LogP contribution in [0.4, 0.5) is 0 Å². The van der Waals surface area contributed by atoms with Gasteiger partial charge in [0.25, 0.3) is 0 Å². The van der Waals surface area contributed by atoms with Gasteiger partial charge in [-0.05, 0) is 23.8 Å². The van der Waals surface area contributed by atoms with E-state index in [-0.39, 0.29) is 0 Å². The molecule has 4 aromatic rings. The summed E-state index contributed by atoms with van der Waals surface area (Å²) in [4.78, 5) is 8.12. The van der Waals surface area contributed by atoms with Crippen LogP contribution in [0, 0.1) is 6.92 Å². The molecule has 0 fully saturated rings. The van der Waals surface area contributed by atoms with Crippen molar-refractivity contribution in [3.05, 3.63) is 42.1 Å². The van der Waals surface area contributed by atoms with Crippen molar-refractivity contribution >= 4 is 21.9 Å². The van der Waals surface area contributed by atoms with Gasteiger partial charge in [-0.25, -0.2) is 9.67 Å². The quantitative estimate of drug-likeness (QED) is 0.616. The zero-order valence-corrected chi connectivity index (χ0v) is 12.7. The van der Waals surface area contributed by atoms with Gasteiger partial charge in [0, 0.05) is 7.05 Å². The molecule has 0 unspecified atom stereocenters. The van der Waals surface area contributed by atoms with Gasteiger partial charge in [0.1, 0.15) is 17.1 Å². The van der Waals surface area contributed by atoms with Gasteiger partial charge < -0.3 is 9.72 Å². The molecule has 0 radical (unpaired) electrons. The molecule has 22 heavy (non-hydrogen) atoms. The lowest BCUT2D eigenvalue weighted by atomic mass is 10.0. The standard InChI is InChI=1S/C17H16N4O/c1-10-15-17(21(2)20-10)19-16(18-15)14-12-7-5-4-6-11(12)8-9-13(14)22-3/h4-9H,1-3H3,(H,18,19). The molecule has 0 aliphatic carbocycles. The molecule has 0 aliphatic heterocycles. The largest absolute Gasteiger partial charge is 0.496 e. The Morgan fingerprint density at radius 1 is 1.14 bits per heavy atom. The summed E-state index contributed by atoms with van der Waals surface area (Å²) < 4.78 is 7.35. The highest BCUT2D eigenvalue weighted by Gasteiger charge is 2.17. The average molecular weight is 292 g/mol. The van der Waals surface area contributed by atoms with E-state index in [1.807, 2.05) is 32.2 Å². The molecule has 0 saturated carbocycles. The van der Waals surface area contributed by atoms with E-state index in [4.69, 9.17) is 9.72 Å². The van der Waals surface area contributed by atoms with Gasteiger partial charge in [-0.3, -0.25) is 0 Å². The molecule has 110 valence electrons. The molecule has 5 heteroatoms. The number of ether oxygens (including phenoxy) is 1. The molecule has 1 N–H and O–H groups in total. The maximum Gasteiger partial charge on any atom is 0.176 e. The number of aromatic amines is 1. The summed E-state index contributed by atoms with van der Waals surface area (Å²) in [7, 11) is 3.59. The molecular formula is C17H16N4O. The van der Waals surface area contributed by atoms with Gasteiger partial charge in [-0.2, -0.15) is 5.10 Å². The minimum Gasteiger partial charge on any atom is -0.496 e. The molecule has 0 saturated heterocycles. The van der Waals surface area contributed by atoms with E-state index in [0.717, 1.165) is 44.8 Å². The summed E-state index contributed by atoms with van der Waals surface area (Å²) in [5.74, 6) is 1.61. The molecular weight excluding hydrogens is 276 g/mol. The van der Waals surface area contributed by atoms with Gasteiger partial charge in [0.05, 0.1) is 18.4 Å². The molecule has 2 aromatic carbocycles. The van der Waals surface area contributed by atoms with Crippen LogP contribution in [-0.2, 0) is 7.05 Å². The monoisotopic (exact) mass is 292 g/mol. The van der Waals surface area contributed by atoms with Crippen LogP contribution < -0.4 is 4.74 Å². The second-order valence-electron chi connectivity index (χ2n) is 5.36. The third-order valence-corrected chi connectivity index (χ3v) is 4.00. The predicted molar refractivity (Wildman–Crippen MR) is 87.1 cm³/mol. The molecule has 0 aliphatic rings. The molecule has 2 aromatic heterocycles. The average Bonchev–Trinajstić information content (AvgIpc) is 3.08. The fourth-order valence-corrected chi connectivity index (χ4v) is 2.96. The third-order valence-electron chi connectivity index (χ3n) is 4.00. The number of imidazole rings is 1. The van der Waals surface area contributed by atoms with Crippen molar-refractivity contribution in [2.24, 2.45) is 7.05 Å². The molecule has 0 bridgehead atoms. The van der Waals surface area contributed by atoms with E-state index in [9.17, 15) is 0 Å². The second kappa shape index (κ2) is 4.59. The SMILES string of the molecule is COc1ccc2ccccc2c1-c1nc2c([nH]1)c(C)nn2C. The Morgan fingerprint density at radius 2 is 1.95 bits per heavy atom. The first-order valence-corrected chi connectivity index (χ1v) is 7.14. The summed E-state index contributed by atoms with van der Waals surface area (Å²) in [5.41, 5.74) is 3.74. The van der Waals surface area contributed by atoms with Crippen molar-refractivity contribution in [2.45, 2.75) is 6.92 Å². The Kier molecular flexibility index (Phi) is 2.69. The number of methoxy groups -OCH3 is 1. The van der Waals surface area contributed by atoms with Crippen molar-refractivity contribution in [2.75, 3.05) is 7.11 Å². The van der Waals surface area contributed by atoms with Gasteiger partial charge in [0.15, 0.2) is 5.65 Å². The predicted octanol–water partition coefficient (Wildman–Crippen LogP) is 3.43. The first-order valence-electron chi connectivity index (χ1n) is 7.14. The van der Waals surface area contributed by atoms with Crippen molar-refractivity contribution in [1.29, 1.82) is 0 Å². The number of hydrogen-bond acceptors (Lipinski definition) is 3. The Hall–Kier alpha value is -2.82. The fourth-order valence-electron chi connectivity index (χ4n) is 2.96. The van der Waals surface area contributed by atoms with Crippen LogP contribution in [-0.4, -0.2) is 26.9 Å². The van der Waals surface area contributed by atoms with Gasteiger partial charge in [-0.15, -0.1) is 0 Å². The topological polar surface area (TPSA) is 55.7 Å². The van der Waals surface area contributed by atoms with Crippen LogP contribution in [0.1, 0.15) is 5.69 Å². The third kappa shape index (κ3) is 1.72. The molecule has 0 amide bonds. The van der Waals surface area contributed by atoms with Crippen LogP contribution in [0.5, 0.6) is 5.75 Å². The van der Waals surface area contributed by atoms with Crippen molar-refractivity contribution in [3.63, 3.8) is 0 Å².